The maximum atomic E-state index is 12.3. The summed E-state index contributed by atoms with van der Waals surface area (Å²) in [6.07, 6.45) is 5.60. The van der Waals surface area contributed by atoms with Crippen molar-refractivity contribution in [2.24, 2.45) is 5.16 Å². The van der Waals surface area contributed by atoms with Crippen molar-refractivity contribution in [2.75, 3.05) is 0 Å². The molecule has 0 saturated heterocycles. The second-order valence-electron chi connectivity index (χ2n) is 7.96. The van der Waals surface area contributed by atoms with E-state index in [0.717, 1.165) is 34.9 Å². The van der Waals surface area contributed by atoms with Crippen LogP contribution in [0, 0.1) is 6.92 Å². The molecule has 1 aliphatic rings. The second kappa shape index (κ2) is 9.00. The van der Waals surface area contributed by atoms with Crippen LogP contribution in [0.15, 0.2) is 81.3 Å². The van der Waals surface area contributed by atoms with Crippen LogP contribution in [0.4, 0.5) is 0 Å². The zero-order valence-corrected chi connectivity index (χ0v) is 18.5. The average Bonchev–Trinajstić information content (AvgIpc) is 2.71. The van der Waals surface area contributed by atoms with E-state index in [2.05, 4.69) is 52.3 Å². The SMILES string of the molecule is Cc1ccccc1C(C/C(=N\O)c1ccc(=O)n(C2CCC2)c1)c1ccc(Br)cc1. The van der Waals surface area contributed by atoms with Gasteiger partial charge in [-0.1, -0.05) is 57.5 Å². The van der Waals surface area contributed by atoms with Gasteiger partial charge in [-0.05, 0) is 61.1 Å². The first kappa shape index (κ1) is 20.6. The fourth-order valence-electron chi connectivity index (χ4n) is 4.11. The number of nitrogens with zero attached hydrogens (tertiary/aromatic N) is 2. The normalized spacial score (nSPS) is 15.6. The van der Waals surface area contributed by atoms with Gasteiger partial charge < -0.3 is 9.77 Å². The number of benzene rings is 2. The second-order valence-corrected chi connectivity index (χ2v) is 8.88. The molecule has 1 saturated carbocycles. The number of halogens is 1. The summed E-state index contributed by atoms with van der Waals surface area (Å²) in [6, 6.07) is 20.2. The lowest BCUT2D eigenvalue weighted by Crippen LogP contribution is -2.29. The van der Waals surface area contributed by atoms with Gasteiger partial charge in [0.1, 0.15) is 0 Å². The lowest BCUT2D eigenvalue weighted by molar-refractivity contribution is 0.305. The molecule has 3 aromatic rings. The smallest absolute Gasteiger partial charge is 0.250 e. The Hall–Kier alpha value is -2.66. The Labute approximate surface area is 185 Å². The Kier molecular flexibility index (Phi) is 6.18. The van der Waals surface area contributed by atoms with Gasteiger partial charge in [0, 0.05) is 40.7 Å². The van der Waals surface area contributed by atoms with Crippen molar-refractivity contribution in [3.8, 4) is 0 Å². The van der Waals surface area contributed by atoms with Gasteiger partial charge in [0.05, 0.1) is 5.71 Å². The lowest BCUT2D eigenvalue weighted by Gasteiger charge is -2.28. The monoisotopic (exact) mass is 464 g/mol. The van der Waals surface area contributed by atoms with E-state index >= 15 is 0 Å². The first-order valence-electron chi connectivity index (χ1n) is 10.3. The minimum Gasteiger partial charge on any atom is -0.411 e. The summed E-state index contributed by atoms with van der Waals surface area (Å²) in [7, 11) is 0. The summed E-state index contributed by atoms with van der Waals surface area (Å²) in [4.78, 5) is 12.3. The molecule has 0 bridgehead atoms. The zero-order chi connectivity index (χ0) is 21.1. The highest BCUT2D eigenvalue weighted by Gasteiger charge is 2.23. The lowest BCUT2D eigenvalue weighted by atomic mass is 9.83. The third-order valence-electron chi connectivity index (χ3n) is 6.09. The van der Waals surface area contributed by atoms with Gasteiger partial charge in [0.25, 0.3) is 5.56 Å². The minimum atomic E-state index is 0.00380. The molecule has 1 unspecified atom stereocenters. The molecule has 1 N–H and O–H groups in total. The van der Waals surface area contributed by atoms with E-state index in [-0.39, 0.29) is 17.5 Å². The Morgan fingerprint density at radius 3 is 2.50 bits per heavy atom. The van der Waals surface area contributed by atoms with Gasteiger partial charge in [0.2, 0.25) is 0 Å². The molecule has 0 spiro atoms. The maximum Gasteiger partial charge on any atom is 0.250 e. The number of hydrogen-bond donors (Lipinski definition) is 1. The van der Waals surface area contributed by atoms with E-state index in [1.807, 2.05) is 30.5 Å². The van der Waals surface area contributed by atoms with Crippen molar-refractivity contribution in [3.63, 3.8) is 0 Å². The van der Waals surface area contributed by atoms with Crippen LogP contribution < -0.4 is 5.56 Å². The van der Waals surface area contributed by atoms with Gasteiger partial charge in [-0.15, -0.1) is 0 Å². The summed E-state index contributed by atoms with van der Waals surface area (Å²) in [5, 5.41) is 13.6. The number of oxime groups is 1. The van der Waals surface area contributed by atoms with Crippen molar-refractivity contribution in [1.82, 2.24) is 4.57 Å². The van der Waals surface area contributed by atoms with E-state index < -0.39 is 0 Å². The highest BCUT2D eigenvalue weighted by molar-refractivity contribution is 9.10. The van der Waals surface area contributed by atoms with Crippen LogP contribution in [-0.2, 0) is 0 Å². The first-order valence-corrected chi connectivity index (χ1v) is 11.1. The molecule has 2 aromatic carbocycles. The van der Waals surface area contributed by atoms with E-state index in [0.29, 0.717) is 12.1 Å². The van der Waals surface area contributed by atoms with E-state index in [1.54, 1.807) is 16.7 Å². The van der Waals surface area contributed by atoms with Crippen LogP contribution in [0.3, 0.4) is 0 Å². The topological polar surface area (TPSA) is 54.6 Å². The van der Waals surface area contributed by atoms with Crippen molar-refractivity contribution >= 4 is 21.6 Å². The Balaban J connectivity index is 1.72. The summed E-state index contributed by atoms with van der Waals surface area (Å²) < 4.78 is 2.82. The summed E-state index contributed by atoms with van der Waals surface area (Å²) in [5.74, 6) is 0.0364. The quantitative estimate of drug-likeness (QED) is 0.274. The van der Waals surface area contributed by atoms with Crippen LogP contribution in [0.5, 0.6) is 0 Å². The molecule has 0 amide bonds. The molecule has 30 heavy (non-hydrogen) atoms. The van der Waals surface area contributed by atoms with Crippen LogP contribution in [0.1, 0.15) is 59.9 Å². The van der Waals surface area contributed by atoms with E-state index in [1.165, 1.54) is 11.1 Å². The molecule has 1 aliphatic carbocycles. The molecule has 4 nitrogen and oxygen atoms in total. The number of aromatic nitrogens is 1. The summed E-state index contributed by atoms with van der Waals surface area (Å²) in [5.41, 5.74) is 4.93. The van der Waals surface area contributed by atoms with Gasteiger partial charge in [-0.3, -0.25) is 4.79 Å². The van der Waals surface area contributed by atoms with Gasteiger partial charge in [-0.25, -0.2) is 0 Å². The molecule has 154 valence electrons. The molecule has 0 aliphatic heterocycles. The predicted octanol–water partition coefficient (Wildman–Crippen LogP) is 6.04. The number of aryl methyl sites for hydroxylation is 1. The highest BCUT2D eigenvalue weighted by Crippen LogP contribution is 2.33. The average molecular weight is 465 g/mol. The van der Waals surface area contributed by atoms with E-state index in [9.17, 15) is 10.0 Å². The minimum absolute atomic E-state index is 0.00380. The third-order valence-corrected chi connectivity index (χ3v) is 6.62. The van der Waals surface area contributed by atoms with Gasteiger partial charge >= 0.3 is 0 Å². The highest BCUT2D eigenvalue weighted by atomic mass is 79.9. The largest absolute Gasteiger partial charge is 0.411 e. The number of rotatable bonds is 6. The van der Waals surface area contributed by atoms with Gasteiger partial charge in [-0.2, -0.15) is 0 Å². The van der Waals surface area contributed by atoms with Gasteiger partial charge in [0.15, 0.2) is 0 Å². The molecule has 1 fully saturated rings. The summed E-state index contributed by atoms with van der Waals surface area (Å²) in [6.45, 7) is 2.10. The molecule has 0 radical (unpaired) electrons. The van der Waals surface area contributed by atoms with Crippen molar-refractivity contribution in [2.45, 2.75) is 44.6 Å². The van der Waals surface area contributed by atoms with Crippen LogP contribution in [0.25, 0.3) is 0 Å². The van der Waals surface area contributed by atoms with Crippen LogP contribution in [0.2, 0.25) is 0 Å². The Bertz CT molecular complexity index is 1110. The fourth-order valence-corrected chi connectivity index (χ4v) is 4.38. The first-order chi connectivity index (χ1) is 14.6. The maximum absolute atomic E-state index is 12.3. The van der Waals surface area contributed by atoms with Crippen LogP contribution >= 0.6 is 15.9 Å². The van der Waals surface area contributed by atoms with Crippen molar-refractivity contribution in [3.05, 3.63) is 104 Å². The Morgan fingerprint density at radius 2 is 1.87 bits per heavy atom. The molecule has 4 rings (SSSR count). The van der Waals surface area contributed by atoms with E-state index in [4.69, 9.17) is 0 Å². The molecule has 1 aromatic heterocycles. The zero-order valence-electron chi connectivity index (χ0n) is 17.0. The number of pyridine rings is 1. The molecule has 1 heterocycles. The third kappa shape index (κ3) is 4.26. The fraction of sp³-hybridized carbons (Fsp3) is 0.280. The predicted molar refractivity (Wildman–Crippen MR) is 124 cm³/mol. The molecular formula is C25H25BrN2O2. The molecule has 5 heteroatoms. The Morgan fingerprint density at radius 1 is 1.13 bits per heavy atom. The van der Waals surface area contributed by atoms with Crippen LogP contribution in [-0.4, -0.2) is 15.5 Å². The standard InChI is InChI=1S/C25H25BrN2O2/c1-17-5-2-3-8-22(17)23(18-9-12-20(26)13-10-18)15-24(27-30)19-11-14-25(29)28(16-19)21-6-4-7-21/h2-3,5,8-14,16,21,23,30H,4,6-7,15H2,1H3/b27-24+. The summed E-state index contributed by atoms with van der Waals surface area (Å²) >= 11 is 3.51. The molecule has 1 atom stereocenters. The van der Waals surface area contributed by atoms with Crippen molar-refractivity contribution < 1.29 is 5.21 Å². The van der Waals surface area contributed by atoms with Crippen molar-refractivity contribution in [1.29, 1.82) is 0 Å². The molecular weight excluding hydrogens is 440 g/mol. The number of hydrogen-bond acceptors (Lipinski definition) is 3.